The van der Waals surface area contributed by atoms with E-state index < -0.39 is 6.04 Å². The Morgan fingerprint density at radius 3 is 2.59 bits per heavy atom. The predicted molar refractivity (Wildman–Crippen MR) is 118 cm³/mol. The van der Waals surface area contributed by atoms with Crippen molar-refractivity contribution < 1.29 is 9.59 Å². The smallest absolute Gasteiger partial charge is 0.243 e. The van der Waals surface area contributed by atoms with Gasteiger partial charge in [-0.1, -0.05) is 23.7 Å². The van der Waals surface area contributed by atoms with Crippen LogP contribution in [0, 0.1) is 0 Å². The molecule has 4 N–H and O–H groups in total. The lowest BCUT2D eigenvalue weighted by molar-refractivity contribution is -0.131. The molecule has 29 heavy (non-hydrogen) atoms. The molecule has 7 nitrogen and oxygen atoms in total. The molecule has 0 aliphatic carbocycles. The summed E-state index contributed by atoms with van der Waals surface area (Å²) in [5.74, 6) is -0.477. The van der Waals surface area contributed by atoms with Gasteiger partial charge in [0, 0.05) is 28.6 Å². The number of nitrogen functional groups attached to an aromatic ring is 1. The first kappa shape index (κ1) is 23.1. The summed E-state index contributed by atoms with van der Waals surface area (Å²) in [6, 6.07) is 6.37. The van der Waals surface area contributed by atoms with E-state index in [1.165, 1.54) is 11.3 Å². The number of halogens is 1. The van der Waals surface area contributed by atoms with Gasteiger partial charge < -0.3 is 16.4 Å². The number of aromatic nitrogens is 1. The van der Waals surface area contributed by atoms with Crippen LogP contribution in [0.25, 0.3) is 0 Å². The van der Waals surface area contributed by atoms with E-state index in [-0.39, 0.29) is 23.9 Å². The van der Waals surface area contributed by atoms with Crippen LogP contribution in [-0.2, 0) is 22.6 Å². The van der Waals surface area contributed by atoms with E-state index in [0.29, 0.717) is 23.1 Å². The van der Waals surface area contributed by atoms with Gasteiger partial charge in [0.1, 0.15) is 6.04 Å². The van der Waals surface area contributed by atoms with Crippen molar-refractivity contribution in [3.63, 3.8) is 0 Å². The number of nitrogens with zero attached hydrogens (tertiary/aromatic N) is 2. The Hall–Kier alpha value is -2.16. The van der Waals surface area contributed by atoms with Crippen LogP contribution < -0.4 is 16.4 Å². The van der Waals surface area contributed by atoms with Gasteiger partial charge in [-0.3, -0.25) is 14.5 Å². The van der Waals surface area contributed by atoms with E-state index in [0.717, 1.165) is 10.4 Å². The first-order valence-corrected chi connectivity index (χ1v) is 10.6. The monoisotopic (exact) mass is 437 g/mol. The highest BCUT2D eigenvalue weighted by atomic mass is 35.5. The van der Waals surface area contributed by atoms with Crippen LogP contribution in [0.5, 0.6) is 0 Å². The summed E-state index contributed by atoms with van der Waals surface area (Å²) < 4.78 is 0. The van der Waals surface area contributed by atoms with Crippen molar-refractivity contribution in [1.29, 1.82) is 0 Å². The first-order chi connectivity index (χ1) is 13.7. The van der Waals surface area contributed by atoms with Crippen LogP contribution in [-0.4, -0.2) is 46.9 Å². The van der Waals surface area contributed by atoms with E-state index in [2.05, 4.69) is 15.6 Å². The zero-order chi connectivity index (χ0) is 21.6. The van der Waals surface area contributed by atoms with Crippen LogP contribution in [0.2, 0.25) is 5.02 Å². The van der Waals surface area contributed by atoms with Crippen molar-refractivity contribution >= 4 is 39.9 Å². The van der Waals surface area contributed by atoms with Gasteiger partial charge >= 0.3 is 0 Å². The maximum absolute atomic E-state index is 12.9. The lowest BCUT2D eigenvalue weighted by atomic mass is 10.0. The summed E-state index contributed by atoms with van der Waals surface area (Å²) in [4.78, 5) is 32.4. The number of nitrogens with two attached hydrogens (primary N) is 1. The number of likely N-dealkylation sites (N-methyl/N-ethyl adjacent to an activating group) is 1. The van der Waals surface area contributed by atoms with E-state index in [9.17, 15) is 9.59 Å². The normalized spacial score (nSPS) is 13.3. The lowest BCUT2D eigenvalue weighted by Gasteiger charge is -2.29. The van der Waals surface area contributed by atoms with Crippen molar-refractivity contribution in [1.82, 2.24) is 20.5 Å². The Balaban J connectivity index is 2.11. The summed E-state index contributed by atoms with van der Waals surface area (Å²) in [5.41, 5.74) is 6.50. The van der Waals surface area contributed by atoms with Crippen molar-refractivity contribution in [3.05, 3.63) is 45.9 Å². The second kappa shape index (κ2) is 10.6. The van der Waals surface area contributed by atoms with E-state index in [1.54, 1.807) is 18.3 Å². The molecule has 0 saturated heterocycles. The zero-order valence-corrected chi connectivity index (χ0v) is 18.7. The second-order valence-corrected chi connectivity index (χ2v) is 8.80. The highest BCUT2D eigenvalue weighted by molar-refractivity contribution is 7.15. The molecule has 2 amide bonds. The topological polar surface area (TPSA) is 100 Å². The minimum atomic E-state index is -0.728. The van der Waals surface area contributed by atoms with Crippen LogP contribution in [0.4, 0.5) is 5.13 Å². The van der Waals surface area contributed by atoms with E-state index >= 15 is 0 Å². The van der Waals surface area contributed by atoms with Crippen LogP contribution in [0.15, 0.2) is 30.5 Å². The number of hydrogen-bond donors (Lipinski definition) is 3. The molecule has 0 bridgehead atoms. The molecule has 1 heterocycles. The fourth-order valence-electron chi connectivity index (χ4n) is 2.74. The average Bonchev–Trinajstić information content (AvgIpc) is 3.09. The number of thiazole rings is 1. The van der Waals surface area contributed by atoms with E-state index in [1.807, 2.05) is 44.9 Å². The Labute approximate surface area is 180 Å². The van der Waals surface area contributed by atoms with Gasteiger partial charge in [0.05, 0.1) is 12.6 Å². The van der Waals surface area contributed by atoms with Crippen molar-refractivity contribution in [2.24, 2.45) is 0 Å². The third-order valence-electron chi connectivity index (χ3n) is 4.78. The molecule has 0 aliphatic rings. The van der Waals surface area contributed by atoms with Gasteiger partial charge in [-0.15, -0.1) is 11.3 Å². The molecule has 158 valence electrons. The number of carbonyl (C=O) groups excluding carboxylic acids is 2. The molecule has 0 saturated carbocycles. The molecule has 1 aromatic heterocycles. The predicted octanol–water partition coefficient (Wildman–Crippen LogP) is 2.45. The van der Waals surface area contributed by atoms with Gasteiger partial charge in [0.2, 0.25) is 11.8 Å². The third kappa shape index (κ3) is 6.99. The Kier molecular flexibility index (Phi) is 8.43. The minimum absolute atomic E-state index is 0.202. The molecule has 0 radical (unpaired) electrons. The van der Waals surface area contributed by atoms with Crippen molar-refractivity contribution in [2.75, 3.05) is 12.8 Å². The number of carbonyl (C=O) groups is 2. The molecular weight excluding hydrogens is 410 g/mol. The summed E-state index contributed by atoms with van der Waals surface area (Å²) in [6.45, 7) is 6.16. The van der Waals surface area contributed by atoms with Gasteiger partial charge in [-0.05, 0) is 45.5 Å². The molecule has 1 aromatic carbocycles. The number of benzene rings is 1. The molecule has 0 fully saturated rings. The van der Waals surface area contributed by atoms with Gasteiger partial charge in [0.25, 0.3) is 0 Å². The van der Waals surface area contributed by atoms with Crippen molar-refractivity contribution in [3.8, 4) is 0 Å². The molecular formula is C20H28ClN5O2S. The molecule has 0 unspecified atom stereocenters. The first-order valence-electron chi connectivity index (χ1n) is 9.42. The minimum Gasteiger partial charge on any atom is -0.375 e. The highest BCUT2D eigenvalue weighted by Crippen LogP contribution is 2.15. The molecule has 0 aliphatic heterocycles. The Morgan fingerprint density at radius 1 is 1.28 bits per heavy atom. The number of amides is 2. The third-order valence-corrected chi connectivity index (χ3v) is 5.84. The average molecular weight is 438 g/mol. The van der Waals surface area contributed by atoms with Crippen LogP contribution >= 0.6 is 22.9 Å². The second-order valence-electron chi connectivity index (χ2n) is 7.21. The van der Waals surface area contributed by atoms with E-state index in [4.69, 9.17) is 17.3 Å². The fourth-order valence-corrected chi connectivity index (χ4v) is 3.57. The molecule has 2 aromatic rings. The Bertz CT molecular complexity index is 842. The number of nitrogens with one attached hydrogen (secondary N) is 2. The van der Waals surface area contributed by atoms with Crippen LogP contribution in [0.1, 0.15) is 31.2 Å². The number of hydrogen-bond acceptors (Lipinski definition) is 6. The molecule has 2 rings (SSSR count). The van der Waals surface area contributed by atoms with Crippen molar-refractivity contribution in [2.45, 2.75) is 51.9 Å². The maximum Gasteiger partial charge on any atom is 0.243 e. The lowest BCUT2D eigenvalue weighted by Crippen LogP contribution is -2.53. The molecule has 9 heteroatoms. The number of anilines is 1. The fraction of sp³-hybridized carbons (Fsp3) is 0.450. The highest BCUT2D eigenvalue weighted by Gasteiger charge is 2.26. The molecule has 0 spiro atoms. The molecule has 2 atom stereocenters. The quantitative estimate of drug-likeness (QED) is 0.559. The SMILES string of the molecule is CC(C)N(C)[C@@H](C)C(=O)N[C@@H](Cc1cccc(Cl)c1)C(=O)NCc1cnc(N)s1. The standard InChI is InChI=1S/C20H28ClN5O2S/c1-12(2)26(4)13(3)18(27)25-17(9-14-6-5-7-15(21)8-14)19(28)23-10-16-11-24-20(22)29-16/h5-8,11-13,17H,9-10H2,1-4H3,(H2,22,24)(H,23,28)(H,25,27)/t13-,17-/m0/s1. The summed E-state index contributed by atoms with van der Waals surface area (Å²) in [6.07, 6.45) is 1.96. The van der Waals surface area contributed by atoms with Gasteiger partial charge in [-0.2, -0.15) is 0 Å². The maximum atomic E-state index is 12.9. The van der Waals surface area contributed by atoms with Gasteiger partial charge in [-0.25, -0.2) is 4.98 Å². The van der Waals surface area contributed by atoms with Gasteiger partial charge in [0.15, 0.2) is 5.13 Å². The largest absolute Gasteiger partial charge is 0.375 e. The Morgan fingerprint density at radius 2 is 2.00 bits per heavy atom. The van der Waals surface area contributed by atoms with Crippen LogP contribution in [0.3, 0.4) is 0 Å². The number of rotatable bonds is 9. The summed E-state index contributed by atoms with van der Waals surface area (Å²) in [7, 11) is 1.88. The summed E-state index contributed by atoms with van der Waals surface area (Å²) in [5, 5.41) is 6.78. The zero-order valence-electron chi connectivity index (χ0n) is 17.1. The summed E-state index contributed by atoms with van der Waals surface area (Å²) >= 11 is 7.39.